The molecule has 1 aliphatic heterocycles. The molecule has 4 rings (SSSR count). The molecule has 0 saturated heterocycles. The van der Waals surface area contributed by atoms with Gasteiger partial charge in [0.25, 0.3) is 0 Å². The van der Waals surface area contributed by atoms with Gasteiger partial charge in [0.2, 0.25) is 6.79 Å². The van der Waals surface area contributed by atoms with E-state index in [9.17, 15) is 5.11 Å². The monoisotopic (exact) mass is 348 g/mol. The molecule has 6 heteroatoms. The predicted molar refractivity (Wildman–Crippen MR) is 91.3 cm³/mol. The standard InChI is InChI=1S/C18H21ClN2O3/c19-15-8-17-16(23-11-24-17)7-14(15)18-20-5-6-21(18)9-12-1-3-13(10-22)4-2-12/h5-8,12-13,22H,1-4,9-11H2. The van der Waals surface area contributed by atoms with Crippen LogP contribution in [0.1, 0.15) is 25.7 Å². The Bertz CT molecular complexity index is 723. The first-order chi connectivity index (χ1) is 11.7. The van der Waals surface area contributed by atoms with Gasteiger partial charge in [-0.15, -0.1) is 0 Å². The minimum atomic E-state index is 0.234. The van der Waals surface area contributed by atoms with Crippen LogP contribution in [0.5, 0.6) is 11.5 Å². The van der Waals surface area contributed by atoms with Crippen LogP contribution < -0.4 is 9.47 Å². The third-order valence-electron chi connectivity index (χ3n) is 5.10. The first kappa shape index (κ1) is 15.8. The summed E-state index contributed by atoms with van der Waals surface area (Å²) in [6.45, 7) is 1.48. The molecule has 0 atom stereocenters. The van der Waals surface area contributed by atoms with Crippen LogP contribution in [0.4, 0.5) is 0 Å². The smallest absolute Gasteiger partial charge is 0.231 e. The highest BCUT2D eigenvalue weighted by molar-refractivity contribution is 6.33. The fourth-order valence-corrected chi connectivity index (χ4v) is 3.90. The lowest BCUT2D eigenvalue weighted by molar-refractivity contribution is 0.161. The normalized spacial score (nSPS) is 22.8. The van der Waals surface area contributed by atoms with Crippen molar-refractivity contribution in [1.82, 2.24) is 9.55 Å². The number of benzene rings is 1. The van der Waals surface area contributed by atoms with Crippen LogP contribution in [0.15, 0.2) is 24.5 Å². The van der Waals surface area contributed by atoms with E-state index in [-0.39, 0.29) is 6.79 Å². The van der Waals surface area contributed by atoms with Gasteiger partial charge in [-0.25, -0.2) is 4.98 Å². The van der Waals surface area contributed by atoms with Gasteiger partial charge in [0.1, 0.15) is 5.82 Å². The topological polar surface area (TPSA) is 56.5 Å². The van der Waals surface area contributed by atoms with Crippen LogP contribution >= 0.6 is 11.6 Å². The minimum Gasteiger partial charge on any atom is -0.454 e. The van der Waals surface area contributed by atoms with E-state index in [1.165, 1.54) is 0 Å². The summed E-state index contributed by atoms with van der Waals surface area (Å²) in [5.74, 6) is 3.36. The number of fused-ring (bicyclic) bond motifs is 1. The lowest BCUT2D eigenvalue weighted by atomic mass is 9.82. The van der Waals surface area contributed by atoms with E-state index in [1.807, 2.05) is 18.5 Å². The third kappa shape index (κ3) is 2.98. The van der Waals surface area contributed by atoms with Crippen LogP contribution in [0.25, 0.3) is 11.4 Å². The van der Waals surface area contributed by atoms with Crippen molar-refractivity contribution in [2.75, 3.05) is 13.4 Å². The van der Waals surface area contributed by atoms with E-state index in [4.69, 9.17) is 21.1 Å². The van der Waals surface area contributed by atoms with Crippen molar-refractivity contribution in [3.8, 4) is 22.9 Å². The van der Waals surface area contributed by atoms with E-state index in [2.05, 4.69) is 9.55 Å². The molecular formula is C18H21ClN2O3. The van der Waals surface area contributed by atoms with Crippen molar-refractivity contribution < 1.29 is 14.6 Å². The molecule has 2 aliphatic rings. The number of aliphatic hydroxyl groups excluding tert-OH is 1. The summed E-state index contributed by atoms with van der Waals surface area (Å²) >= 11 is 6.44. The van der Waals surface area contributed by atoms with Crippen LogP contribution in [0.3, 0.4) is 0 Å². The molecule has 0 unspecified atom stereocenters. The Balaban J connectivity index is 1.55. The highest BCUT2D eigenvalue weighted by Gasteiger charge is 2.23. The largest absolute Gasteiger partial charge is 0.454 e. The van der Waals surface area contributed by atoms with Gasteiger partial charge < -0.3 is 19.1 Å². The zero-order valence-corrected chi connectivity index (χ0v) is 14.2. The molecule has 1 saturated carbocycles. The number of aromatic nitrogens is 2. The number of nitrogens with zero attached hydrogens (tertiary/aromatic N) is 2. The molecule has 0 bridgehead atoms. The van der Waals surface area contributed by atoms with Gasteiger partial charge in [-0.3, -0.25) is 0 Å². The Morgan fingerprint density at radius 1 is 1.12 bits per heavy atom. The molecule has 2 heterocycles. The van der Waals surface area contributed by atoms with Gasteiger partial charge in [-0.05, 0) is 43.6 Å². The van der Waals surface area contributed by atoms with Crippen molar-refractivity contribution in [1.29, 1.82) is 0 Å². The Labute approximate surface area is 146 Å². The molecule has 0 radical (unpaired) electrons. The van der Waals surface area contributed by atoms with Gasteiger partial charge >= 0.3 is 0 Å². The third-order valence-corrected chi connectivity index (χ3v) is 5.41. The van der Waals surface area contributed by atoms with Crippen molar-refractivity contribution in [2.45, 2.75) is 32.2 Å². The zero-order valence-electron chi connectivity index (χ0n) is 13.4. The molecule has 1 aromatic heterocycles. The van der Waals surface area contributed by atoms with E-state index in [1.54, 1.807) is 6.07 Å². The molecule has 0 amide bonds. The number of aliphatic hydroxyl groups is 1. The molecule has 0 spiro atoms. The Kier molecular flexibility index (Phi) is 4.37. The van der Waals surface area contributed by atoms with E-state index >= 15 is 0 Å². The zero-order chi connectivity index (χ0) is 16.5. The molecule has 5 nitrogen and oxygen atoms in total. The second-order valence-corrected chi connectivity index (χ2v) is 7.07. The SMILES string of the molecule is OCC1CCC(Cn2ccnc2-c2cc3c(cc2Cl)OCO3)CC1. The highest BCUT2D eigenvalue weighted by Crippen LogP contribution is 2.41. The second kappa shape index (κ2) is 6.65. The molecule has 24 heavy (non-hydrogen) atoms. The maximum absolute atomic E-state index is 9.28. The van der Waals surface area contributed by atoms with Crippen molar-refractivity contribution in [3.63, 3.8) is 0 Å². The highest BCUT2D eigenvalue weighted by atomic mass is 35.5. The number of imidazole rings is 1. The first-order valence-corrected chi connectivity index (χ1v) is 8.84. The van der Waals surface area contributed by atoms with Gasteiger partial charge in [-0.2, -0.15) is 0 Å². The van der Waals surface area contributed by atoms with Crippen LogP contribution in [0, 0.1) is 11.8 Å². The maximum atomic E-state index is 9.28. The summed E-state index contributed by atoms with van der Waals surface area (Å²) in [7, 11) is 0. The van der Waals surface area contributed by atoms with Gasteiger partial charge in [0, 0.05) is 37.2 Å². The van der Waals surface area contributed by atoms with Gasteiger partial charge in [0.05, 0.1) is 5.02 Å². The molecule has 1 N–H and O–H groups in total. The summed E-state index contributed by atoms with van der Waals surface area (Å²) in [5.41, 5.74) is 0.870. The molecular weight excluding hydrogens is 328 g/mol. The molecule has 128 valence electrons. The van der Waals surface area contributed by atoms with Crippen molar-refractivity contribution in [2.24, 2.45) is 11.8 Å². The lowest BCUT2D eigenvalue weighted by Crippen LogP contribution is -2.21. The van der Waals surface area contributed by atoms with Crippen LogP contribution in [-0.4, -0.2) is 28.1 Å². The maximum Gasteiger partial charge on any atom is 0.231 e. The Morgan fingerprint density at radius 3 is 2.58 bits per heavy atom. The average molecular weight is 349 g/mol. The quantitative estimate of drug-likeness (QED) is 0.914. The van der Waals surface area contributed by atoms with E-state index < -0.39 is 0 Å². The summed E-state index contributed by atoms with van der Waals surface area (Å²) in [6, 6.07) is 3.71. The van der Waals surface area contributed by atoms with Crippen LogP contribution in [0.2, 0.25) is 5.02 Å². The van der Waals surface area contributed by atoms with Crippen LogP contribution in [-0.2, 0) is 6.54 Å². The Hall–Kier alpha value is -1.72. The van der Waals surface area contributed by atoms with E-state index in [0.717, 1.165) is 43.6 Å². The number of halogens is 1. The molecule has 2 aromatic rings. The summed E-state index contributed by atoms with van der Waals surface area (Å²) in [5, 5.41) is 9.90. The lowest BCUT2D eigenvalue weighted by Gasteiger charge is -2.28. The fourth-order valence-electron chi connectivity index (χ4n) is 3.66. The molecule has 1 aliphatic carbocycles. The molecule has 1 aromatic carbocycles. The summed E-state index contributed by atoms with van der Waals surface area (Å²) in [4.78, 5) is 4.51. The number of hydrogen-bond donors (Lipinski definition) is 1. The average Bonchev–Trinajstić information content (AvgIpc) is 3.23. The summed E-state index contributed by atoms with van der Waals surface area (Å²) in [6.07, 6.45) is 8.34. The van der Waals surface area contributed by atoms with Gasteiger partial charge in [-0.1, -0.05) is 11.6 Å². The fraction of sp³-hybridized carbons (Fsp3) is 0.500. The minimum absolute atomic E-state index is 0.234. The number of hydrogen-bond acceptors (Lipinski definition) is 4. The van der Waals surface area contributed by atoms with Gasteiger partial charge in [0.15, 0.2) is 11.5 Å². The predicted octanol–water partition coefficient (Wildman–Crippen LogP) is 3.73. The second-order valence-electron chi connectivity index (χ2n) is 6.66. The van der Waals surface area contributed by atoms with E-state index in [0.29, 0.717) is 35.0 Å². The number of rotatable bonds is 4. The Morgan fingerprint density at radius 2 is 1.83 bits per heavy atom. The van der Waals surface area contributed by atoms with Crippen molar-refractivity contribution in [3.05, 3.63) is 29.5 Å². The molecule has 1 fully saturated rings. The van der Waals surface area contributed by atoms with Crippen molar-refractivity contribution >= 4 is 11.6 Å². The number of ether oxygens (including phenoxy) is 2. The first-order valence-electron chi connectivity index (χ1n) is 8.46. The summed E-state index contributed by atoms with van der Waals surface area (Å²) < 4.78 is 13.0.